The molecule has 1 aromatic carbocycles. The number of carbonyl (C=O) groups is 1. The van der Waals surface area contributed by atoms with E-state index in [9.17, 15) is 9.59 Å². The van der Waals surface area contributed by atoms with Crippen molar-refractivity contribution >= 4 is 17.5 Å². The van der Waals surface area contributed by atoms with Crippen LogP contribution in [0, 0.1) is 6.92 Å². The lowest BCUT2D eigenvalue weighted by atomic mass is 10.2. The number of nitrogens with zero attached hydrogens (tertiary/aromatic N) is 2. The number of rotatable bonds is 8. The van der Waals surface area contributed by atoms with Crippen LogP contribution in [-0.4, -0.2) is 42.1 Å². The highest BCUT2D eigenvalue weighted by Crippen LogP contribution is 2.18. The SMILES string of the molecule is CC[C@H](Oc1ccc(=O)n(-c2cc(Cl)ccc2C)n1)C(=O)NCCOC. The van der Waals surface area contributed by atoms with Crippen molar-refractivity contribution in [3.05, 3.63) is 51.3 Å². The second kappa shape index (κ2) is 9.35. The van der Waals surface area contributed by atoms with E-state index in [0.717, 1.165) is 5.56 Å². The Balaban J connectivity index is 2.24. The van der Waals surface area contributed by atoms with Crippen LogP contribution in [0.15, 0.2) is 35.1 Å². The van der Waals surface area contributed by atoms with Gasteiger partial charge in [-0.15, -0.1) is 5.10 Å². The fourth-order valence-corrected chi connectivity index (χ4v) is 2.46. The van der Waals surface area contributed by atoms with Gasteiger partial charge in [0.15, 0.2) is 6.10 Å². The molecule has 0 saturated heterocycles. The molecular weight excluding hydrogens is 358 g/mol. The Morgan fingerprint density at radius 2 is 2.12 bits per heavy atom. The average molecular weight is 380 g/mol. The maximum absolute atomic E-state index is 12.2. The van der Waals surface area contributed by atoms with Crippen molar-refractivity contribution in [2.45, 2.75) is 26.4 Å². The highest BCUT2D eigenvalue weighted by atomic mass is 35.5. The molecule has 1 N–H and O–H groups in total. The third-order valence-electron chi connectivity index (χ3n) is 3.71. The molecule has 1 heterocycles. The van der Waals surface area contributed by atoms with Gasteiger partial charge in [-0.2, -0.15) is 4.68 Å². The van der Waals surface area contributed by atoms with Gasteiger partial charge in [-0.1, -0.05) is 24.6 Å². The summed E-state index contributed by atoms with van der Waals surface area (Å²) in [4.78, 5) is 24.4. The van der Waals surface area contributed by atoms with E-state index in [-0.39, 0.29) is 17.3 Å². The molecule has 0 aliphatic rings. The molecular formula is C18H22ClN3O4. The molecule has 140 valence electrons. The molecule has 0 aliphatic heterocycles. The second-order valence-corrected chi connectivity index (χ2v) is 6.09. The van der Waals surface area contributed by atoms with Gasteiger partial charge in [-0.05, 0) is 31.0 Å². The molecule has 0 saturated carbocycles. The zero-order chi connectivity index (χ0) is 19.1. The Kier molecular flexibility index (Phi) is 7.17. The van der Waals surface area contributed by atoms with Crippen molar-refractivity contribution in [3.8, 4) is 11.6 Å². The van der Waals surface area contributed by atoms with E-state index in [2.05, 4.69) is 10.4 Å². The van der Waals surface area contributed by atoms with Gasteiger partial charge in [-0.25, -0.2) is 0 Å². The number of aryl methyl sites for hydroxylation is 1. The van der Waals surface area contributed by atoms with Crippen molar-refractivity contribution < 1.29 is 14.3 Å². The normalized spacial score (nSPS) is 11.8. The summed E-state index contributed by atoms with van der Waals surface area (Å²) in [6.07, 6.45) is -0.263. The Morgan fingerprint density at radius 3 is 2.81 bits per heavy atom. The number of aromatic nitrogens is 2. The van der Waals surface area contributed by atoms with Crippen molar-refractivity contribution in [2.24, 2.45) is 0 Å². The molecule has 0 unspecified atom stereocenters. The van der Waals surface area contributed by atoms with Gasteiger partial charge in [0, 0.05) is 30.8 Å². The third kappa shape index (κ3) is 5.06. The van der Waals surface area contributed by atoms with Gasteiger partial charge in [0.2, 0.25) is 5.88 Å². The van der Waals surface area contributed by atoms with E-state index in [4.69, 9.17) is 21.1 Å². The molecule has 8 heteroatoms. The zero-order valence-corrected chi connectivity index (χ0v) is 15.7. The van der Waals surface area contributed by atoms with Crippen LogP contribution >= 0.6 is 11.6 Å². The van der Waals surface area contributed by atoms with Crippen LogP contribution in [0.4, 0.5) is 0 Å². The number of hydrogen-bond acceptors (Lipinski definition) is 5. The number of ether oxygens (including phenoxy) is 2. The summed E-state index contributed by atoms with van der Waals surface area (Å²) in [6, 6.07) is 7.99. The van der Waals surface area contributed by atoms with E-state index >= 15 is 0 Å². The zero-order valence-electron chi connectivity index (χ0n) is 15.0. The van der Waals surface area contributed by atoms with Crippen LogP contribution in [0.2, 0.25) is 5.02 Å². The van der Waals surface area contributed by atoms with Crippen molar-refractivity contribution in [2.75, 3.05) is 20.3 Å². The Morgan fingerprint density at radius 1 is 1.35 bits per heavy atom. The summed E-state index contributed by atoms with van der Waals surface area (Å²) in [6.45, 7) is 4.49. The highest BCUT2D eigenvalue weighted by Gasteiger charge is 2.19. The molecule has 1 amide bonds. The summed E-state index contributed by atoms with van der Waals surface area (Å²) < 4.78 is 11.8. The van der Waals surface area contributed by atoms with E-state index < -0.39 is 6.10 Å². The maximum Gasteiger partial charge on any atom is 0.271 e. The quantitative estimate of drug-likeness (QED) is 0.710. The Bertz CT molecular complexity index is 822. The Labute approximate surface area is 156 Å². The fourth-order valence-electron chi connectivity index (χ4n) is 2.30. The molecule has 1 atom stereocenters. The van der Waals surface area contributed by atoms with Gasteiger partial charge in [0.05, 0.1) is 12.3 Å². The number of amides is 1. The highest BCUT2D eigenvalue weighted by molar-refractivity contribution is 6.30. The number of nitrogens with one attached hydrogen (secondary N) is 1. The van der Waals surface area contributed by atoms with E-state index in [1.165, 1.54) is 16.8 Å². The summed E-state index contributed by atoms with van der Waals surface area (Å²) in [5.74, 6) is -0.0826. The van der Waals surface area contributed by atoms with Gasteiger partial charge < -0.3 is 14.8 Å². The van der Waals surface area contributed by atoms with Gasteiger partial charge >= 0.3 is 0 Å². The van der Waals surface area contributed by atoms with Crippen LogP contribution in [0.1, 0.15) is 18.9 Å². The van der Waals surface area contributed by atoms with Crippen LogP contribution in [0.5, 0.6) is 5.88 Å². The molecule has 0 aliphatic carbocycles. The molecule has 0 radical (unpaired) electrons. The lowest BCUT2D eigenvalue weighted by Gasteiger charge is -2.17. The molecule has 0 bridgehead atoms. The summed E-state index contributed by atoms with van der Waals surface area (Å²) in [7, 11) is 1.56. The number of benzene rings is 1. The third-order valence-corrected chi connectivity index (χ3v) is 3.94. The maximum atomic E-state index is 12.2. The Hall–Kier alpha value is -2.38. The summed E-state index contributed by atoms with van der Waals surface area (Å²) >= 11 is 6.03. The lowest BCUT2D eigenvalue weighted by Crippen LogP contribution is -2.39. The second-order valence-electron chi connectivity index (χ2n) is 5.65. The van der Waals surface area contributed by atoms with Crippen LogP contribution < -0.4 is 15.6 Å². The van der Waals surface area contributed by atoms with Gasteiger partial charge in [0.1, 0.15) is 0 Å². The van der Waals surface area contributed by atoms with E-state index in [0.29, 0.717) is 30.3 Å². The molecule has 26 heavy (non-hydrogen) atoms. The van der Waals surface area contributed by atoms with Gasteiger partial charge in [0.25, 0.3) is 11.5 Å². The lowest BCUT2D eigenvalue weighted by molar-refractivity contribution is -0.128. The molecule has 2 rings (SSSR count). The number of carbonyl (C=O) groups excluding carboxylic acids is 1. The van der Waals surface area contributed by atoms with Crippen LogP contribution in [-0.2, 0) is 9.53 Å². The topological polar surface area (TPSA) is 82.5 Å². The van der Waals surface area contributed by atoms with Crippen LogP contribution in [0.3, 0.4) is 0 Å². The molecule has 2 aromatic rings. The van der Waals surface area contributed by atoms with E-state index in [1.54, 1.807) is 25.3 Å². The minimum absolute atomic E-state index is 0.178. The molecule has 0 fully saturated rings. The first-order valence-electron chi connectivity index (χ1n) is 8.26. The van der Waals surface area contributed by atoms with E-state index in [1.807, 2.05) is 13.8 Å². The fraction of sp³-hybridized carbons (Fsp3) is 0.389. The number of hydrogen-bond donors (Lipinski definition) is 1. The summed E-state index contributed by atoms with van der Waals surface area (Å²) in [5.41, 5.74) is 1.08. The molecule has 7 nitrogen and oxygen atoms in total. The first-order chi connectivity index (χ1) is 12.5. The predicted molar refractivity (Wildman–Crippen MR) is 99.2 cm³/mol. The monoisotopic (exact) mass is 379 g/mol. The van der Waals surface area contributed by atoms with Crippen molar-refractivity contribution in [1.82, 2.24) is 15.1 Å². The summed E-state index contributed by atoms with van der Waals surface area (Å²) in [5, 5.41) is 7.45. The predicted octanol–water partition coefficient (Wildman–Crippen LogP) is 2.11. The number of methoxy groups -OCH3 is 1. The van der Waals surface area contributed by atoms with Crippen molar-refractivity contribution in [1.29, 1.82) is 0 Å². The first-order valence-corrected chi connectivity index (χ1v) is 8.64. The largest absolute Gasteiger partial charge is 0.463 e. The van der Waals surface area contributed by atoms with Gasteiger partial charge in [-0.3, -0.25) is 9.59 Å². The molecule has 0 spiro atoms. The van der Waals surface area contributed by atoms with Crippen molar-refractivity contribution in [3.63, 3.8) is 0 Å². The smallest absolute Gasteiger partial charge is 0.271 e. The standard InChI is InChI=1S/C18H22ClN3O4/c1-4-15(18(24)20-9-10-25-3)26-16-7-8-17(23)22(21-16)14-11-13(19)6-5-12(14)2/h5-8,11,15H,4,9-10H2,1-3H3,(H,20,24)/t15-/m0/s1. The minimum atomic E-state index is -0.717. The minimum Gasteiger partial charge on any atom is -0.463 e. The molecule has 1 aromatic heterocycles. The average Bonchev–Trinajstić information content (AvgIpc) is 2.63. The number of halogens is 1. The van der Waals surface area contributed by atoms with Crippen LogP contribution in [0.25, 0.3) is 5.69 Å². The first kappa shape index (κ1) is 19.9.